The molecule has 2 amide bonds. The molecule has 2 heterocycles. The quantitative estimate of drug-likeness (QED) is 0.200. The average molecular weight is 649 g/mol. The molecule has 3 rings (SSSR count). The van der Waals surface area contributed by atoms with Gasteiger partial charge in [-0.3, -0.25) is 0 Å². The minimum atomic E-state index is -1.88. The molecule has 0 spiro atoms. The fourth-order valence-electron chi connectivity index (χ4n) is 4.29. The van der Waals surface area contributed by atoms with E-state index in [9.17, 15) is 14.4 Å². The van der Waals surface area contributed by atoms with Crippen LogP contribution < -0.4 is 9.80 Å². The number of ether oxygens (including phenoxy) is 3. The highest BCUT2D eigenvalue weighted by atomic mass is 35.6. The van der Waals surface area contributed by atoms with E-state index in [0.29, 0.717) is 31.7 Å². The van der Waals surface area contributed by atoms with Gasteiger partial charge in [-0.2, -0.15) is 0 Å². The first kappa shape index (κ1) is 33.5. The Bertz CT molecular complexity index is 1220. The van der Waals surface area contributed by atoms with Crippen molar-refractivity contribution in [1.29, 1.82) is 0 Å². The summed E-state index contributed by atoms with van der Waals surface area (Å²) in [5.74, 6) is -0.764. The van der Waals surface area contributed by atoms with Crippen LogP contribution in [0.3, 0.4) is 0 Å². The molecule has 0 saturated carbocycles. The number of esters is 1. The van der Waals surface area contributed by atoms with Crippen LogP contribution in [0.1, 0.15) is 41.0 Å². The maximum Gasteiger partial charge on any atom is 0.416 e. The number of piperazine rings is 1. The fourth-order valence-corrected chi connectivity index (χ4v) is 4.46. The fraction of sp³-hybridized carbons (Fsp3) is 0.593. The maximum atomic E-state index is 13.3. The molecule has 1 fully saturated rings. The first-order chi connectivity index (χ1) is 19.6. The molecule has 1 aromatic carbocycles. The van der Waals surface area contributed by atoms with Gasteiger partial charge in [0.15, 0.2) is 5.69 Å². The molecular formula is C27H36Cl3N5O7. The Morgan fingerprint density at radius 2 is 1.64 bits per heavy atom. The Morgan fingerprint density at radius 1 is 1.02 bits per heavy atom. The highest BCUT2D eigenvalue weighted by Crippen LogP contribution is 2.33. The van der Waals surface area contributed by atoms with E-state index >= 15 is 0 Å². The molecule has 232 valence electrons. The Balaban J connectivity index is 1.84. The molecule has 0 N–H and O–H groups in total. The third-order valence-corrected chi connectivity index (χ3v) is 6.50. The number of amides is 2. The van der Waals surface area contributed by atoms with Crippen molar-refractivity contribution in [3.05, 3.63) is 24.3 Å². The molecule has 1 aliphatic heterocycles. The second-order valence-corrected chi connectivity index (χ2v) is 13.7. The lowest BCUT2D eigenvalue weighted by Gasteiger charge is -2.36. The van der Waals surface area contributed by atoms with E-state index in [1.54, 1.807) is 17.0 Å². The summed E-state index contributed by atoms with van der Waals surface area (Å²) in [6.45, 7) is 11.0. The summed E-state index contributed by atoms with van der Waals surface area (Å²) in [6, 6.07) is 6.23. The van der Waals surface area contributed by atoms with Crippen LogP contribution in [0.4, 0.5) is 21.1 Å². The predicted molar refractivity (Wildman–Crippen MR) is 159 cm³/mol. The van der Waals surface area contributed by atoms with E-state index < -0.39 is 34.1 Å². The third kappa shape index (κ3) is 9.27. The van der Waals surface area contributed by atoms with Crippen LogP contribution in [-0.4, -0.2) is 88.7 Å². The van der Waals surface area contributed by atoms with Crippen LogP contribution in [0.2, 0.25) is 0 Å². The van der Waals surface area contributed by atoms with Gasteiger partial charge in [-0.15, -0.1) is 0 Å². The Kier molecular flexibility index (Phi) is 11.2. The van der Waals surface area contributed by atoms with E-state index in [2.05, 4.69) is 15.2 Å². The number of benzene rings is 1. The van der Waals surface area contributed by atoms with E-state index in [0.717, 1.165) is 10.6 Å². The normalized spacial score (nSPS) is 14.9. The lowest BCUT2D eigenvalue weighted by atomic mass is 10.0. The maximum absolute atomic E-state index is 13.3. The van der Waals surface area contributed by atoms with Gasteiger partial charge in [0.1, 0.15) is 18.2 Å². The number of nitrogens with zero attached hydrogens (tertiary/aromatic N) is 5. The lowest BCUT2D eigenvalue weighted by molar-refractivity contribution is -0.142. The van der Waals surface area contributed by atoms with Crippen molar-refractivity contribution in [2.24, 2.45) is 5.92 Å². The molecule has 0 unspecified atom stereocenters. The zero-order valence-corrected chi connectivity index (χ0v) is 26.7. The van der Waals surface area contributed by atoms with Gasteiger partial charge in [-0.1, -0.05) is 60.8 Å². The van der Waals surface area contributed by atoms with Gasteiger partial charge in [0, 0.05) is 37.4 Å². The van der Waals surface area contributed by atoms with Gasteiger partial charge in [0.25, 0.3) is 0 Å². The van der Waals surface area contributed by atoms with Crippen LogP contribution in [-0.2, 0) is 19.0 Å². The second kappa shape index (κ2) is 14.0. The number of hydrogen-bond donors (Lipinski definition) is 0. The Hall–Kier alpha value is -2.96. The molecular weight excluding hydrogens is 613 g/mol. The van der Waals surface area contributed by atoms with Crippen molar-refractivity contribution in [1.82, 2.24) is 15.2 Å². The van der Waals surface area contributed by atoms with Gasteiger partial charge < -0.3 is 24.0 Å². The van der Waals surface area contributed by atoms with Gasteiger partial charge in [-0.05, 0) is 55.6 Å². The largest absolute Gasteiger partial charge is 0.467 e. The molecule has 1 saturated heterocycles. The third-order valence-electron chi connectivity index (χ3n) is 6.17. The minimum Gasteiger partial charge on any atom is -0.467 e. The highest BCUT2D eigenvalue weighted by molar-refractivity contribution is 6.67. The predicted octanol–water partition coefficient (Wildman–Crippen LogP) is 5.69. The number of hydrogen-bond acceptors (Lipinski definition) is 10. The van der Waals surface area contributed by atoms with Gasteiger partial charge >= 0.3 is 18.2 Å². The van der Waals surface area contributed by atoms with Crippen molar-refractivity contribution in [3.8, 4) is 11.3 Å². The summed E-state index contributed by atoms with van der Waals surface area (Å²) in [5.41, 5.74) is 1.13. The molecule has 42 heavy (non-hydrogen) atoms. The van der Waals surface area contributed by atoms with Crippen molar-refractivity contribution in [3.63, 3.8) is 0 Å². The topological polar surface area (TPSA) is 128 Å². The molecule has 0 radical (unpaired) electrons. The zero-order valence-electron chi connectivity index (χ0n) is 24.4. The first-order valence-corrected chi connectivity index (χ1v) is 14.5. The summed E-state index contributed by atoms with van der Waals surface area (Å²) < 4.78 is 18.8. The molecule has 15 heteroatoms. The summed E-state index contributed by atoms with van der Waals surface area (Å²) in [4.78, 5) is 43.4. The smallest absolute Gasteiger partial charge is 0.416 e. The Morgan fingerprint density at radius 3 is 2.17 bits per heavy atom. The number of halogens is 3. The molecule has 0 aliphatic carbocycles. The van der Waals surface area contributed by atoms with Crippen molar-refractivity contribution in [2.75, 3.05) is 49.7 Å². The van der Waals surface area contributed by atoms with Crippen LogP contribution in [0, 0.1) is 5.92 Å². The van der Waals surface area contributed by atoms with E-state index in [4.69, 9.17) is 53.6 Å². The summed E-state index contributed by atoms with van der Waals surface area (Å²) in [5, 5.41) is 7.95. The van der Waals surface area contributed by atoms with Gasteiger partial charge in [0.05, 0.1) is 7.11 Å². The number of alkyl halides is 3. The SMILES string of the molecule is COC(=O)[C@H](CC(C)C)N(C(=O)OCC(Cl)(Cl)Cl)c1nonc1-c1ccc(N2CCN(C(=O)OC(C)(C)C)CC2)cc1. The van der Waals surface area contributed by atoms with Gasteiger partial charge in [0.2, 0.25) is 9.61 Å². The lowest BCUT2D eigenvalue weighted by Crippen LogP contribution is -2.50. The number of carbonyl (C=O) groups excluding carboxylic acids is 3. The van der Waals surface area contributed by atoms with Crippen molar-refractivity contribution >= 4 is 64.5 Å². The highest BCUT2D eigenvalue weighted by Gasteiger charge is 2.39. The molecule has 1 atom stereocenters. The summed E-state index contributed by atoms with van der Waals surface area (Å²) >= 11 is 17.3. The van der Waals surface area contributed by atoms with Crippen LogP contribution in [0.25, 0.3) is 11.3 Å². The molecule has 2 aromatic rings. The number of aromatic nitrogens is 2. The number of rotatable bonds is 8. The molecule has 0 bridgehead atoms. The van der Waals surface area contributed by atoms with Crippen LogP contribution in [0.15, 0.2) is 28.9 Å². The Labute approximate surface area is 260 Å². The van der Waals surface area contributed by atoms with E-state index in [1.807, 2.05) is 46.8 Å². The second-order valence-electron chi connectivity index (χ2n) is 11.1. The van der Waals surface area contributed by atoms with Gasteiger partial charge in [-0.25, -0.2) is 23.9 Å². The minimum absolute atomic E-state index is 0.0176. The standard InChI is InChI=1S/C27H36Cl3N5O7/c1-17(2)15-20(23(36)39-6)35(25(38)40-16-27(28,29)30)22-21(31-42-32-22)18-7-9-19(10-8-18)33-11-13-34(14-12-33)24(37)41-26(3,4)5/h7-10,17,20H,11-16H2,1-6H3/t20-/m0/s1. The molecule has 1 aliphatic rings. The average Bonchev–Trinajstić information content (AvgIpc) is 3.39. The first-order valence-electron chi connectivity index (χ1n) is 13.4. The monoisotopic (exact) mass is 647 g/mol. The van der Waals surface area contributed by atoms with Crippen LogP contribution in [0.5, 0.6) is 0 Å². The number of anilines is 2. The number of carbonyl (C=O) groups is 3. The summed E-state index contributed by atoms with van der Waals surface area (Å²) in [7, 11) is 1.22. The molecule has 12 nitrogen and oxygen atoms in total. The van der Waals surface area contributed by atoms with Crippen LogP contribution >= 0.6 is 34.8 Å². The van der Waals surface area contributed by atoms with Crippen molar-refractivity contribution in [2.45, 2.75) is 56.5 Å². The molecule has 1 aromatic heterocycles. The van der Waals surface area contributed by atoms with E-state index in [1.165, 1.54) is 7.11 Å². The zero-order chi connectivity index (χ0) is 31.2. The number of methoxy groups -OCH3 is 1. The van der Waals surface area contributed by atoms with Crippen molar-refractivity contribution < 1.29 is 33.2 Å². The van der Waals surface area contributed by atoms with E-state index in [-0.39, 0.29) is 29.9 Å². The summed E-state index contributed by atoms with van der Waals surface area (Å²) in [6.07, 6.45) is -1.10.